The molecule has 2 aromatic heterocycles. The maximum atomic E-state index is 4.80. The molecule has 0 N–H and O–H groups in total. The number of rotatable bonds is 6. The van der Waals surface area contributed by atoms with E-state index in [1.54, 1.807) is 0 Å². The van der Waals surface area contributed by atoms with Crippen molar-refractivity contribution in [3.05, 3.63) is 85.2 Å². The quantitative estimate of drug-likeness (QED) is 0.327. The summed E-state index contributed by atoms with van der Waals surface area (Å²) in [5.41, 5.74) is 4.58. The molecule has 4 rings (SSSR count). The van der Waals surface area contributed by atoms with Gasteiger partial charge < -0.3 is 0 Å². The summed E-state index contributed by atoms with van der Waals surface area (Å²) in [6.07, 6.45) is 4.20. The number of pyridine rings is 2. The Morgan fingerprint density at radius 3 is 1.30 bits per heavy atom. The van der Waals surface area contributed by atoms with E-state index in [1.165, 1.54) is 30.3 Å². The van der Waals surface area contributed by atoms with Crippen molar-refractivity contribution in [2.24, 2.45) is 0 Å². The van der Waals surface area contributed by atoms with E-state index in [0.717, 1.165) is 11.4 Å². The van der Waals surface area contributed by atoms with Gasteiger partial charge in [0.2, 0.25) is 0 Å². The van der Waals surface area contributed by atoms with Crippen LogP contribution < -0.4 is 19.2 Å². The summed E-state index contributed by atoms with van der Waals surface area (Å²) in [6.45, 7) is 0. The van der Waals surface area contributed by atoms with Crippen LogP contribution in [0.4, 0.5) is 0 Å². The van der Waals surface area contributed by atoms with Gasteiger partial charge in [-0.25, -0.2) is 0 Å². The Morgan fingerprint density at radius 1 is 0.545 bits per heavy atom. The van der Waals surface area contributed by atoms with Crippen LogP contribution in [0.3, 0.4) is 0 Å². The van der Waals surface area contributed by atoms with Crippen LogP contribution in [-0.2, 0) is 0 Å². The number of nitrogens with zero attached hydrogens (tertiary/aromatic N) is 2. The van der Waals surface area contributed by atoms with Crippen LogP contribution in [0.15, 0.2) is 85.2 Å². The maximum absolute atomic E-state index is 4.80. The Bertz CT molecular complexity index is 1140. The standard InChI is InChI=1S/C28H34Ge2N2Si/c1-29(2,3)23-13-15-27(31-19-23)21-9-7-11-25(17-21)33-26-12-8-10-22(18-26)28-16-14-24(20-32-28)30(4,5)6/h7-20H,33H2,1-6H3. The summed E-state index contributed by atoms with van der Waals surface area (Å²) < 4.78 is 2.90. The first-order valence-electron chi connectivity index (χ1n) is 11.7. The molecule has 0 aliphatic carbocycles. The molecular formula is C28H34Ge2N2Si. The van der Waals surface area contributed by atoms with Crippen molar-refractivity contribution in [2.45, 2.75) is 34.5 Å². The topological polar surface area (TPSA) is 25.8 Å². The van der Waals surface area contributed by atoms with E-state index in [1.807, 2.05) is 0 Å². The second kappa shape index (κ2) is 9.73. The molecule has 2 heterocycles. The predicted octanol–water partition coefficient (Wildman–Crippen LogP) is 4.02. The van der Waals surface area contributed by atoms with Gasteiger partial charge in [0.05, 0.1) is 0 Å². The molecule has 0 saturated carbocycles. The van der Waals surface area contributed by atoms with Gasteiger partial charge in [-0.3, -0.25) is 0 Å². The van der Waals surface area contributed by atoms with Crippen LogP contribution in [0.25, 0.3) is 22.5 Å². The van der Waals surface area contributed by atoms with Crippen LogP contribution >= 0.6 is 0 Å². The fourth-order valence-electron chi connectivity index (χ4n) is 3.93. The fraction of sp³-hybridized carbons (Fsp3) is 0.214. The Balaban J connectivity index is 1.54. The minimum absolute atomic E-state index is 0.584. The predicted molar refractivity (Wildman–Crippen MR) is 153 cm³/mol. The third kappa shape index (κ3) is 6.14. The molecule has 0 aliphatic rings. The molecule has 0 fully saturated rings. The normalized spacial score (nSPS) is 12.1. The summed E-state index contributed by atoms with van der Waals surface area (Å²) in [4.78, 5) is 9.60. The molecule has 0 radical (unpaired) electrons. The van der Waals surface area contributed by atoms with E-state index >= 15 is 0 Å². The average molecular weight is 572 g/mol. The molecule has 0 spiro atoms. The molecule has 5 heteroatoms. The molecule has 0 atom stereocenters. The average Bonchev–Trinajstić information content (AvgIpc) is 2.78. The van der Waals surface area contributed by atoms with Crippen molar-refractivity contribution in [3.8, 4) is 22.5 Å². The van der Waals surface area contributed by atoms with Gasteiger partial charge in [0, 0.05) is 0 Å². The summed E-state index contributed by atoms with van der Waals surface area (Å²) in [7, 11) is -0.584. The van der Waals surface area contributed by atoms with Crippen molar-refractivity contribution in [1.82, 2.24) is 9.97 Å². The molecule has 0 unspecified atom stereocenters. The van der Waals surface area contributed by atoms with E-state index in [0.29, 0.717) is 0 Å². The van der Waals surface area contributed by atoms with E-state index < -0.39 is 36.1 Å². The van der Waals surface area contributed by atoms with Crippen molar-refractivity contribution in [3.63, 3.8) is 0 Å². The van der Waals surface area contributed by atoms with Gasteiger partial charge in [0.25, 0.3) is 0 Å². The first kappa shape index (κ1) is 24.2. The third-order valence-electron chi connectivity index (χ3n) is 6.11. The van der Waals surface area contributed by atoms with Gasteiger partial charge in [0.15, 0.2) is 0 Å². The Hall–Kier alpha value is -1.96. The Labute approximate surface area is 206 Å². The molecule has 33 heavy (non-hydrogen) atoms. The molecule has 2 aromatic carbocycles. The summed E-state index contributed by atoms with van der Waals surface area (Å²) in [6, 6.07) is 26.9. The van der Waals surface area contributed by atoms with Gasteiger partial charge in [0.1, 0.15) is 0 Å². The zero-order chi connectivity index (χ0) is 23.6. The first-order valence-corrected chi connectivity index (χ1v) is 27.8. The number of aromatic nitrogens is 2. The molecule has 0 aliphatic heterocycles. The first-order chi connectivity index (χ1) is 15.6. The number of hydrogen-bond donors (Lipinski definition) is 0. The molecule has 0 amide bonds. The Morgan fingerprint density at radius 2 is 0.970 bits per heavy atom. The summed E-state index contributed by atoms with van der Waals surface area (Å²) in [5.74, 6) is 14.5. The zero-order valence-corrected chi connectivity index (χ0v) is 26.3. The van der Waals surface area contributed by atoms with Crippen LogP contribution in [-0.4, -0.2) is 46.0 Å². The molecule has 168 valence electrons. The second-order valence-corrected chi connectivity index (χ2v) is 34.2. The summed E-state index contributed by atoms with van der Waals surface area (Å²) in [5, 5.41) is 2.88. The van der Waals surface area contributed by atoms with Crippen molar-refractivity contribution < 1.29 is 0 Å². The van der Waals surface area contributed by atoms with Gasteiger partial charge in [-0.15, -0.1) is 0 Å². The van der Waals surface area contributed by atoms with Gasteiger partial charge in [-0.05, 0) is 0 Å². The van der Waals surface area contributed by atoms with Gasteiger partial charge in [-0.1, -0.05) is 0 Å². The SMILES string of the molecule is [CH3][Ge]([CH3])([CH3])[c]1ccc(-c2cccc([SiH2]c3cccc(-c4cc[c]([Ge]([CH3])([CH3])[CH3])cn4)c3)c2)nc1. The monoisotopic (exact) mass is 574 g/mol. The zero-order valence-electron chi connectivity index (χ0n) is 20.7. The molecule has 0 saturated heterocycles. The molecule has 4 aromatic rings. The van der Waals surface area contributed by atoms with E-state index in [4.69, 9.17) is 9.97 Å². The fourth-order valence-corrected chi connectivity index (χ4v) is 9.90. The molecule has 2 nitrogen and oxygen atoms in total. The second-order valence-electron chi connectivity index (χ2n) is 10.9. The Kier molecular flexibility index (Phi) is 7.13. The van der Waals surface area contributed by atoms with Crippen molar-refractivity contribution in [1.29, 1.82) is 0 Å². The van der Waals surface area contributed by atoms with Gasteiger partial charge in [-0.2, -0.15) is 0 Å². The minimum atomic E-state index is -1.83. The molecule has 0 bridgehead atoms. The van der Waals surface area contributed by atoms with Gasteiger partial charge >= 0.3 is 207 Å². The van der Waals surface area contributed by atoms with Crippen molar-refractivity contribution in [2.75, 3.05) is 0 Å². The van der Waals surface area contributed by atoms with Crippen LogP contribution in [0.2, 0.25) is 34.5 Å². The van der Waals surface area contributed by atoms with Crippen LogP contribution in [0.1, 0.15) is 0 Å². The van der Waals surface area contributed by atoms with E-state index in [2.05, 4.69) is 120 Å². The number of hydrogen-bond acceptors (Lipinski definition) is 2. The van der Waals surface area contributed by atoms with Crippen LogP contribution in [0.5, 0.6) is 0 Å². The molecular weight excluding hydrogens is 538 g/mol. The van der Waals surface area contributed by atoms with E-state index in [9.17, 15) is 0 Å². The summed E-state index contributed by atoms with van der Waals surface area (Å²) >= 11 is -3.66. The van der Waals surface area contributed by atoms with Crippen LogP contribution in [0, 0.1) is 0 Å². The van der Waals surface area contributed by atoms with E-state index in [-0.39, 0.29) is 0 Å². The third-order valence-corrected chi connectivity index (χ3v) is 16.3. The van der Waals surface area contributed by atoms with Crippen molar-refractivity contribution >= 4 is 55.2 Å². The number of benzene rings is 2.